The molecule has 3 aromatic carbocycles. The zero-order valence-corrected chi connectivity index (χ0v) is 21.8. The number of imide groups is 1. The highest BCUT2D eigenvalue weighted by Gasteiger charge is 2.49. The van der Waals surface area contributed by atoms with Crippen LogP contribution in [0.4, 0.5) is 5.69 Å². The Morgan fingerprint density at radius 1 is 0.838 bits per heavy atom. The summed E-state index contributed by atoms with van der Waals surface area (Å²) in [5.74, 6) is -0.953. The summed E-state index contributed by atoms with van der Waals surface area (Å²) in [4.78, 5) is 30.1. The van der Waals surface area contributed by atoms with Gasteiger partial charge < -0.3 is 0 Å². The van der Waals surface area contributed by atoms with Crippen LogP contribution in [-0.2, 0) is 26.2 Å². The molecule has 2 amide bonds. The molecule has 192 valence electrons. The van der Waals surface area contributed by atoms with Crippen LogP contribution in [0.1, 0.15) is 24.8 Å². The van der Waals surface area contributed by atoms with Gasteiger partial charge in [-0.05, 0) is 54.8 Å². The summed E-state index contributed by atoms with van der Waals surface area (Å²) in [5, 5.41) is 0.481. The Morgan fingerprint density at radius 2 is 1.43 bits per heavy atom. The quantitative estimate of drug-likeness (QED) is 0.419. The number of carbonyl (C=O) groups is 2. The lowest BCUT2D eigenvalue weighted by Crippen LogP contribution is -2.53. The summed E-state index contributed by atoms with van der Waals surface area (Å²) in [5.41, 5.74) is 1.58. The molecule has 9 heteroatoms. The van der Waals surface area contributed by atoms with Crippen molar-refractivity contribution in [2.75, 3.05) is 18.0 Å². The van der Waals surface area contributed by atoms with Crippen LogP contribution in [0.2, 0.25) is 5.02 Å². The molecule has 3 aromatic rings. The average molecular weight is 538 g/mol. The first-order valence-corrected chi connectivity index (χ1v) is 14.1. The molecular weight excluding hydrogens is 510 g/mol. The van der Waals surface area contributed by atoms with Crippen molar-refractivity contribution in [1.29, 1.82) is 0 Å². The summed E-state index contributed by atoms with van der Waals surface area (Å²) in [6, 6.07) is 23.2. The SMILES string of the molecule is O=C1CC(N(C2CCN(Cc3ccccc3)CC2)S(=O)(=O)c2ccccc2)C(=O)N1c1ccc(Cl)cc1. The molecule has 1 atom stereocenters. The lowest BCUT2D eigenvalue weighted by atomic mass is 10.0. The highest BCUT2D eigenvalue weighted by Crippen LogP contribution is 2.34. The molecule has 1 unspecified atom stereocenters. The summed E-state index contributed by atoms with van der Waals surface area (Å²) < 4.78 is 29.2. The maximum absolute atomic E-state index is 13.9. The van der Waals surface area contributed by atoms with Gasteiger partial charge in [0.1, 0.15) is 6.04 Å². The predicted molar refractivity (Wildman–Crippen MR) is 143 cm³/mol. The standard InChI is InChI=1S/C28H28ClN3O4S/c29-22-11-13-23(14-12-22)31-27(33)19-26(28(31)34)32(37(35,36)25-9-5-2-6-10-25)24-15-17-30(18-16-24)20-21-7-3-1-4-8-21/h1-14,24,26H,15-20H2. The molecule has 0 aliphatic carbocycles. The minimum atomic E-state index is -4.04. The fraction of sp³-hybridized carbons (Fsp3) is 0.286. The third-order valence-corrected chi connectivity index (χ3v) is 9.23. The van der Waals surface area contributed by atoms with Crippen molar-refractivity contribution in [3.63, 3.8) is 0 Å². The number of hydrogen-bond donors (Lipinski definition) is 0. The second-order valence-electron chi connectivity index (χ2n) is 9.40. The van der Waals surface area contributed by atoms with Crippen LogP contribution >= 0.6 is 11.6 Å². The van der Waals surface area contributed by atoms with Crippen LogP contribution < -0.4 is 4.90 Å². The minimum Gasteiger partial charge on any atom is -0.299 e. The van der Waals surface area contributed by atoms with Crippen molar-refractivity contribution in [3.05, 3.63) is 95.5 Å². The molecule has 2 aliphatic heterocycles. The molecule has 7 nitrogen and oxygen atoms in total. The molecule has 37 heavy (non-hydrogen) atoms. The number of piperidine rings is 1. The molecule has 0 radical (unpaired) electrons. The van der Waals surface area contributed by atoms with Crippen molar-refractivity contribution >= 4 is 39.1 Å². The first-order chi connectivity index (χ1) is 17.8. The van der Waals surface area contributed by atoms with Crippen molar-refractivity contribution < 1.29 is 18.0 Å². The van der Waals surface area contributed by atoms with E-state index in [9.17, 15) is 18.0 Å². The number of nitrogens with zero attached hydrogens (tertiary/aromatic N) is 3. The molecule has 2 aliphatic rings. The van der Waals surface area contributed by atoms with Gasteiger partial charge in [0, 0.05) is 30.7 Å². The van der Waals surface area contributed by atoms with Gasteiger partial charge in [0.15, 0.2) is 0 Å². The topological polar surface area (TPSA) is 78.0 Å². The molecule has 0 saturated carbocycles. The van der Waals surface area contributed by atoms with E-state index in [-0.39, 0.29) is 11.3 Å². The molecule has 5 rings (SSSR count). The number of halogens is 1. The summed E-state index contributed by atoms with van der Waals surface area (Å²) in [6.45, 7) is 2.16. The number of likely N-dealkylation sites (tertiary alicyclic amines) is 1. The van der Waals surface area contributed by atoms with Crippen molar-refractivity contribution in [1.82, 2.24) is 9.21 Å². The Morgan fingerprint density at radius 3 is 2.05 bits per heavy atom. The zero-order chi connectivity index (χ0) is 26.0. The van der Waals surface area contributed by atoms with Crippen molar-refractivity contribution in [3.8, 4) is 0 Å². The van der Waals surface area contributed by atoms with Crippen LogP contribution in [0.3, 0.4) is 0 Å². The van der Waals surface area contributed by atoms with E-state index in [1.54, 1.807) is 42.5 Å². The Labute approximate surface area is 222 Å². The maximum Gasteiger partial charge on any atom is 0.252 e. The van der Waals surface area contributed by atoms with Crippen molar-refractivity contribution in [2.45, 2.75) is 42.8 Å². The largest absolute Gasteiger partial charge is 0.299 e. The van der Waals surface area contributed by atoms with Crippen molar-refractivity contribution in [2.24, 2.45) is 0 Å². The van der Waals surface area contributed by atoms with E-state index >= 15 is 0 Å². The van der Waals surface area contributed by atoms with E-state index in [2.05, 4.69) is 17.0 Å². The summed E-state index contributed by atoms with van der Waals surface area (Å²) in [7, 11) is -4.04. The number of sulfonamides is 1. The third-order valence-electron chi connectivity index (χ3n) is 7.00. The van der Waals surface area contributed by atoms with Gasteiger partial charge in [-0.3, -0.25) is 14.5 Å². The van der Waals surface area contributed by atoms with Gasteiger partial charge in [-0.1, -0.05) is 60.1 Å². The van der Waals surface area contributed by atoms with Gasteiger partial charge in [-0.25, -0.2) is 13.3 Å². The predicted octanol–water partition coefficient (Wildman–Crippen LogP) is 4.33. The van der Waals surface area contributed by atoms with E-state index < -0.39 is 33.9 Å². The second kappa shape index (κ2) is 10.8. The molecule has 0 N–H and O–H groups in total. The van der Waals surface area contributed by atoms with Crippen LogP contribution in [-0.4, -0.2) is 54.6 Å². The highest BCUT2D eigenvalue weighted by molar-refractivity contribution is 7.89. The van der Waals surface area contributed by atoms with Crippen LogP contribution in [0.15, 0.2) is 89.8 Å². The minimum absolute atomic E-state index is 0.118. The second-order valence-corrected chi connectivity index (χ2v) is 11.7. The monoisotopic (exact) mass is 537 g/mol. The number of anilines is 1. The Kier molecular flexibility index (Phi) is 7.44. The molecule has 2 fully saturated rings. The number of hydrogen-bond acceptors (Lipinski definition) is 5. The van der Waals surface area contributed by atoms with E-state index in [4.69, 9.17) is 11.6 Å². The number of amides is 2. The fourth-order valence-corrected chi connectivity index (χ4v) is 7.16. The molecular formula is C28H28ClN3O4S. The number of benzene rings is 3. The Hall–Kier alpha value is -3.04. The Bertz CT molecular complexity index is 1360. The molecule has 0 spiro atoms. The lowest BCUT2D eigenvalue weighted by Gasteiger charge is -2.39. The number of rotatable bonds is 7. The smallest absolute Gasteiger partial charge is 0.252 e. The number of carbonyl (C=O) groups excluding carboxylic acids is 2. The van der Waals surface area contributed by atoms with E-state index in [1.807, 2.05) is 18.2 Å². The van der Waals surface area contributed by atoms with Gasteiger partial charge in [0.2, 0.25) is 15.9 Å². The maximum atomic E-state index is 13.9. The normalized spacial score (nSPS) is 19.6. The lowest BCUT2D eigenvalue weighted by molar-refractivity contribution is -0.122. The van der Waals surface area contributed by atoms with Gasteiger partial charge in [0.25, 0.3) is 5.91 Å². The van der Waals surface area contributed by atoms with Gasteiger partial charge in [0.05, 0.1) is 17.0 Å². The van der Waals surface area contributed by atoms with Crippen LogP contribution in [0, 0.1) is 0 Å². The van der Waals surface area contributed by atoms with Crippen LogP contribution in [0.5, 0.6) is 0 Å². The van der Waals surface area contributed by atoms with Gasteiger partial charge in [-0.2, -0.15) is 4.31 Å². The molecule has 2 heterocycles. The third kappa shape index (κ3) is 5.33. The highest BCUT2D eigenvalue weighted by atomic mass is 35.5. The van der Waals surface area contributed by atoms with Gasteiger partial charge in [-0.15, -0.1) is 0 Å². The van der Waals surface area contributed by atoms with E-state index in [1.165, 1.54) is 22.0 Å². The van der Waals surface area contributed by atoms with E-state index in [0.717, 1.165) is 11.4 Å². The first-order valence-electron chi connectivity index (χ1n) is 12.3. The molecule has 0 bridgehead atoms. The molecule has 0 aromatic heterocycles. The summed E-state index contributed by atoms with van der Waals surface area (Å²) in [6.07, 6.45) is 0.938. The first kappa shape index (κ1) is 25.6. The van der Waals surface area contributed by atoms with Crippen LogP contribution in [0.25, 0.3) is 0 Å². The van der Waals surface area contributed by atoms with Gasteiger partial charge >= 0.3 is 0 Å². The average Bonchev–Trinajstić information content (AvgIpc) is 3.20. The van der Waals surface area contributed by atoms with E-state index in [0.29, 0.717) is 36.6 Å². The molecule has 2 saturated heterocycles. The summed E-state index contributed by atoms with van der Waals surface area (Å²) >= 11 is 5.98. The Balaban J connectivity index is 1.42. The fourth-order valence-electron chi connectivity index (χ4n) is 5.18. The zero-order valence-electron chi connectivity index (χ0n) is 20.2.